The number of methoxy groups -OCH3 is 2. The van der Waals surface area contributed by atoms with E-state index in [1.54, 1.807) is 14.2 Å². The molecule has 3 rings (SSSR count). The molecule has 2 aromatic carbocycles. The highest BCUT2D eigenvalue weighted by molar-refractivity contribution is 5.78. The lowest BCUT2D eigenvalue weighted by Gasteiger charge is -2.20. The Morgan fingerprint density at radius 1 is 1.00 bits per heavy atom. The summed E-state index contributed by atoms with van der Waals surface area (Å²) < 4.78 is 16.4. The van der Waals surface area contributed by atoms with E-state index in [1.165, 1.54) is 24.0 Å². The summed E-state index contributed by atoms with van der Waals surface area (Å²) in [7, 11) is 3.21. The number of nitrogens with one attached hydrogen (secondary N) is 1. The van der Waals surface area contributed by atoms with Crippen molar-refractivity contribution >= 4 is 5.91 Å². The number of amides is 1. The average molecular weight is 383 g/mol. The largest absolute Gasteiger partial charge is 0.493 e. The van der Waals surface area contributed by atoms with Crippen molar-refractivity contribution in [2.24, 2.45) is 0 Å². The summed E-state index contributed by atoms with van der Waals surface area (Å²) in [5, 5.41) is 3.04. The fourth-order valence-electron chi connectivity index (χ4n) is 3.68. The molecular formula is C23H29NO4. The summed E-state index contributed by atoms with van der Waals surface area (Å²) in [5.74, 6) is 1.94. The first kappa shape index (κ1) is 20.1. The number of aryl methyl sites for hydroxylation is 2. The number of carbonyl (C=O) groups is 1. The van der Waals surface area contributed by atoms with Crippen LogP contribution in [0.5, 0.6) is 17.2 Å². The Hall–Kier alpha value is -2.69. The standard InChI is InChI=1S/C23H29NO4/c1-4-20(18-10-12-21(26-2)22(14-18)27-3)24-23(25)15-28-19-11-9-16-7-5-6-8-17(16)13-19/h9-14,20H,4-8,15H2,1-3H3,(H,24,25)/t20-/m0/s1. The van der Waals surface area contributed by atoms with Gasteiger partial charge in [0.1, 0.15) is 5.75 Å². The van der Waals surface area contributed by atoms with Gasteiger partial charge in [0.05, 0.1) is 20.3 Å². The molecule has 0 aromatic heterocycles. The van der Waals surface area contributed by atoms with Gasteiger partial charge in [0.2, 0.25) is 0 Å². The van der Waals surface area contributed by atoms with E-state index in [4.69, 9.17) is 14.2 Å². The molecule has 1 atom stereocenters. The topological polar surface area (TPSA) is 56.8 Å². The van der Waals surface area contributed by atoms with Crippen LogP contribution in [0, 0.1) is 0 Å². The summed E-state index contributed by atoms with van der Waals surface area (Å²) in [4.78, 5) is 12.4. The van der Waals surface area contributed by atoms with Crippen molar-refractivity contribution < 1.29 is 19.0 Å². The molecule has 0 bridgehead atoms. The lowest BCUT2D eigenvalue weighted by Crippen LogP contribution is -2.32. The van der Waals surface area contributed by atoms with Crippen molar-refractivity contribution in [3.05, 3.63) is 53.1 Å². The van der Waals surface area contributed by atoms with Crippen molar-refractivity contribution in [1.29, 1.82) is 0 Å². The molecule has 0 heterocycles. The monoisotopic (exact) mass is 383 g/mol. The van der Waals surface area contributed by atoms with Crippen LogP contribution in [0.25, 0.3) is 0 Å². The van der Waals surface area contributed by atoms with Gasteiger partial charge in [-0.15, -0.1) is 0 Å². The minimum Gasteiger partial charge on any atom is -0.493 e. The van der Waals surface area contributed by atoms with E-state index in [2.05, 4.69) is 17.4 Å². The van der Waals surface area contributed by atoms with Crippen LogP contribution in [0.4, 0.5) is 0 Å². The molecule has 0 spiro atoms. The molecule has 0 saturated carbocycles. The van der Waals surface area contributed by atoms with Gasteiger partial charge in [-0.1, -0.05) is 19.1 Å². The number of ether oxygens (including phenoxy) is 3. The van der Waals surface area contributed by atoms with E-state index in [-0.39, 0.29) is 18.6 Å². The Bertz CT molecular complexity index is 818. The lowest BCUT2D eigenvalue weighted by atomic mass is 9.92. The molecule has 1 aliphatic carbocycles. The maximum atomic E-state index is 12.4. The zero-order chi connectivity index (χ0) is 19.9. The lowest BCUT2D eigenvalue weighted by molar-refractivity contribution is -0.123. The van der Waals surface area contributed by atoms with E-state index in [0.717, 1.165) is 30.6 Å². The fourth-order valence-corrected chi connectivity index (χ4v) is 3.68. The van der Waals surface area contributed by atoms with Crippen molar-refractivity contribution in [3.63, 3.8) is 0 Å². The van der Waals surface area contributed by atoms with Gasteiger partial charge in [0, 0.05) is 0 Å². The molecule has 0 saturated heterocycles. The minimum atomic E-state index is -0.139. The van der Waals surface area contributed by atoms with Gasteiger partial charge < -0.3 is 19.5 Å². The molecule has 0 unspecified atom stereocenters. The number of rotatable bonds is 8. The zero-order valence-electron chi connectivity index (χ0n) is 16.9. The Morgan fingerprint density at radius 2 is 1.75 bits per heavy atom. The van der Waals surface area contributed by atoms with Gasteiger partial charge in [0.15, 0.2) is 18.1 Å². The number of fused-ring (bicyclic) bond motifs is 1. The highest BCUT2D eigenvalue weighted by Crippen LogP contribution is 2.31. The molecule has 5 nitrogen and oxygen atoms in total. The van der Waals surface area contributed by atoms with Crippen LogP contribution >= 0.6 is 0 Å². The maximum Gasteiger partial charge on any atom is 0.258 e. The summed E-state index contributed by atoms with van der Waals surface area (Å²) in [5.41, 5.74) is 3.73. The van der Waals surface area contributed by atoms with Crippen LogP contribution in [-0.4, -0.2) is 26.7 Å². The molecule has 0 fully saturated rings. The molecule has 1 N–H and O–H groups in total. The van der Waals surface area contributed by atoms with Crippen LogP contribution < -0.4 is 19.5 Å². The normalized spacial score (nSPS) is 14.0. The molecule has 0 aliphatic heterocycles. The number of hydrogen-bond donors (Lipinski definition) is 1. The first-order valence-corrected chi connectivity index (χ1v) is 9.90. The first-order chi connectivity index (χ1) is 13.6. The third kappa shape index (κ3) is 4.77. The molecule has 1 amide bonds. The zero-order valence-corrected chi connectivity index (χ0v) is 16.9. The predicted octanol–water partition coefficient (Wildman–Crippen LogP) is 4.23. The quantitative estimate of drug-likeness (QED) is 0.741. The second-order valence-corrected chi connectivity index (χ2v) is 7.07. The van der Waals surface area contributed by atoms with E-state index >= 15 is 0 Å². The summed E-state index contributed by atoms with van der Waals surface area (Å²) in [6.45, 7) is 2.04. The van der Waals surface area contributed by atoms with Crippen LogP contribution in [0.2, 0.25) is 0 Å². The predicted molar refractivity (Wildman–Crippen MR) is 109 cm³/mol. The SMILES string of the molecule is CC[C@H](NC(=O)COc1ccc2c(c1)CCCC2)c1ccc(OC)c(OC)c1. The van der Waals surface area contributed by atoms with Crippen molar-refractivity contribution in [3.8, 4) is 17.2 Å². The van der Waals surface area contributed by atoms with Crippen molar-refractivity contribution in [1.82, 2.24) is 5.32 Å². The Balaban J connectivity index is 1.60. The Morgan fingerprint density at radius 3 is 2.46 bits per heavy atom. The van der Waals surface area contributed by atoms with E-state index in [9.17, 15) is 4.79 Å². The minimum absolute atomic E-state index is 0.00256. The molecule has 28 heavy (non-hydrogen) atoms. The van der Waals surface area contributed by atoms with Gasteiger partial charge in [0.25, 0.3) is 5.91 Å². The Kier molecular flexibility index (Phi) is 6.80. The van der Waals surface area contributed by atoms with Gasteiger partial charge in [-0.3, -0.25) is 4.79 Å². The summed E-state index contributed by atoms with van der Waals surface area (Å²) in [6.07, 6.45) is 5.47. The smallest absolute Gasteiger partial charge is 0.258 e. The van der Waals surface area contributed by atoms with Gasteiger partial charge >= 0.3 is 0 Å². The molecular weight excluding hydrogens is 354 g/mol. The number of carbonyl (C=O) groups excluding carboxylic acids is 1. The fraction of sp³-hybridized carbons (Fsp3) is 0.435. The van der Waals surface area contributed by atoms with Gasteiger partial charge in [-0.2, -0.15) is 0 Å². The first-order valence-electron chi connectivity index (χ1n) is 9.90. The highest BCUT2D eigenvalue weighted by atomic mass is 16.5. The van der Waals surface area contributed by atoms with Crippen LogP contribution in [0.3, 0.4) is 0 Å². The number of hydrogen-bond acceptors (Lipinski definition) is 4. The molecule has 2 aromatic rings. The second-order valence-electron chi connectivity index (χ2n) is 7.07. The number of benzene rings is 2. The third-order valence-electron chi connectivity index (χ3n) is 5.24. The van der Waals surface area contributed by atoms with Crippen molar-refractivity contribution in [2.45, 2.75) is 45.1 Å². The second kappa shape index (κ2) is 9.49. The van der Waals surface area contributed by atoms with E-state index in [1.807, 2.05) is 31.2 Å². The molecule has 1 aliphatic rings. The average Bonchev–Trinajstić information content (AvgIpc) is 2.75. The van der Waals surface area contributed by atoms with Gasteiger partial charge in [-0.05, 0) is 73.1 Å². The van der Waals surface area contributed by atoms with Crippen LogP contribution in [-0.2, 0) is 17.6 Å². The maximum absolute atomic E-state index is 12.4. The third-order valence-corrected chi connectivity index (χ3v) is 5.24. The summed E-state index contributed by atoms with van der Waals surface area (Å²) >= 11 is 0. The van der Waals surface area contributed by atoms with Crippen molar-refractivity contribution in [2.75, 3.05) is 20.8 Å². The van der Waals surface area contributed by atoms with Crippen LogP contribution in [0.15, 0.2) is 36.4 Å². The Labute approximate surface area is 167 Å². The van der Waals surface area contributed by atoms with E-state index < -0.39 is 0 Å². The molecule has 0 radical (unpaired) electrons. The van der Waals surface area contributed by atoms with Crippen LogP contribution in [0.1, 0.15) is 48.9 Å². The molecule has 5 heteroatoms. The van der Waals surface area contributed by atoms with Gasteiger partial charge in [-0.25, -0.2) is 0 Å². The highest BCUT2D eigenvalue weighted by Gasteiger charge is 2.16. The van der Waals surface area contributed by atoms with E-state index in [0.29, 0.717) is 11.5 Å². The molecule has 150 valence electrons. The summed E-state index contributed by atoms with van der Waals surface area (Å²) in [6, 6.07) is 11.8.